The monoisotopic (exact) mass is 436 g/mol. The number of anilines is 1. The molecule has 0 saturated carbocycles. The molecule has 0 bridgehead atoms. The molecule has 0 unspecified atom stereocenters. The van der Waals surface area contributed by atoms with Crippen molar-refractivity contribution in [1.82, 2.24) is 4.90 Å². The standard InChI is InChI=1S/C24H28N4O4/c1-24(2,3)32-23(29)28(6)15-30-16-31-22-12-19-11-21(27(4)5)8-7-18(19)10-20(22)9-17(13-25)14-26/h7-12H,15-16H2,1-6H3. The van der Waals surface area contributed by atoms with E-state index in [1.807, 2.05) is 61.5 Å². The molecule has 0 radical (unpaired) electrons. The van der Waals surface area contributed by atoms with Gasteiger partial charge in [-0.2, -0.15) is 10.5 Å². The number of ether oxygens (including phenoxy) is 3. The van der Waals surface area contributed by atoms with Crippen molar-refractivity contribution in [2.75, 3.05) is 39.6 Å². The topological polar surface area (TPSA) is 98.8 Å². The number of benzene rings is 2. The summed E-state index contributed by atoms with van der Waals surface area (Å²) in [5, 5.41) is 20.1. The minimum Gasteiger partial charge on any atom is -0.467 e. The molecule has 0 fully saturated rings. The largest absolute Gasteiger partial charge is 0.467 e. The molecule has 2 rings (SSSR count). The van der Waals surface area contributed by atoms with Gasteiger partial charge in [-0.3, -0.25) is 4.90 Å². The van der Waals surface area contributed by atoms with Crippen molar-refractivity contribution >= 4 is 28.6 Å². The maximum atomic E-state index is 12.0. The van der Waals surface area contributed by atoms with Crippen LogP contribution in [-0.2, 0) is 9.47 Å². The maximum absolute atomic E-state index is 12.0. The SMILES string of the molecule is CN(COCOc1cc2cc(N(C)C)ccc2cc1C=C(C#N)C#N)C(=O)OC(C)(C)C. The molecule has 8 heteroatoms. The summed E-state index contributed by atoms with van der Waals surface area (Å²) < 4.78 is 16.5. The zero-order valence-electron chi connectivity index (χ0n) is 19.3. The predicted molar refractivity (Wildman–Crippen MR) is 123 cm³/mol. The Kier molecular flexibility index (Phi) is 8.06. The lowest BCUT2D eigenvalue weighted by Crippen LogP contribution is -2.35. The Balaban J connectivity index is 2.20. The van der Waals surface area contributed by atoms with Gasteiger partial charge in [0.15, 0.2) is 6.79 Å². The number of hydrogen-bond acceptors (Lipinski definition) is 7. The van der Waals surface area contributed by atoms with Crippen molar-refractivity contribution in [3.05, 3.63) is 41.5 Å². The molecule has 0 aromatic heterocycles. The molecule has 0 aliphatic rings. The second-order valence-corrected chi connectivity index (χ2v) is 8.37. The quantitative estimate of drug-likeness (QED) is 0.358. The molecule has 2 aromatic rings. The summed E-state index contributed by atoms with van der Waals surface area (Å²) >= 11 is 0. The van der Waals surface area contributed by atoms with Crippen molar-refractivity contribution in [3.63, 3.8) is 0 Å². The van der Waals surface area contributed by atoms with Crippen molar-refractivity contribution in [1.29, 1.82) is 10.5 Å². The molecular weight excluding hydrogens is 408 g/mol. The molecule has 0 aliphatic heterocycles. The molecule has 1 amide bonds. The van der Waals surface area contributed by atoms with Crippen molar-refractivity contribution in [2.45, 2.75) is 26.4 Å². The molecule has 168 valence electrons. The van der Waals surface area contributed by atoms with E-state index in [4.69, 9.17) is 24.7 Å². The van der Waals surface area contributed by atoms with Gasteiger partial charge in [-0.1, -0.05) is 6.07 Å². The van der Waals surface area contributed by atoms with Crippen LogP contribution in [0.25, 0.3) is 16.8 Å². The molecule has 0 atom stereocenters. The third-order valence-electron chi connectivity index (χ3n) is 4.30. The van der Waals surface area contributed by atoms with E-state index in [0.29, 0.717) is 11.3 Å². The van der Waals surface area contributed by atoms with Crippen molar-refractivity contribution in [3.8, 4) is 17.9 Å². The molecule has 2 aromatic carbocycles. The Hall–Kier alpha value is -3.75. The first-order chi connectivity index (χ1) is 15.0. The number of hydrogen-bond donors (Lipinski definition) is 0. The minimum atomic E-state index is -0.598. The van der Waals surface area contributed by atoms with Gasteiger partial charge in [-0.15, -0.1) is 0 Å². The van der Waals surface area contributed by atoms with Gasteiger partial charge in [-0.05, 0) is 61.9 Å². The summed E-state index contributed by atoms with van der Waals surface area (Å²) in [6.07, 6.45) is 0.970. The van der Waals surface area contributed by atoms with Gasteiger partial charge < -0.3 is 19.1 Å². The van der Waals surface area contributed by atoms with Crippen LogP contribution in [0.4, 0.5) is 10.5 Å². The molecule has 0 N–H and O–H groups in total. The lowest BCUT2D eigenvalue weighted by molar-refractivity contribution is -0.0440. The molecule has 0 heterocycles. The van der Waals surface area contributed by atoms with Crippen LogP contribution >= 0.6 is 0 Å². The highest BCUT2D eigenvalue weighted by Crippen LogP contribution is 2.30. The molecule has 0 aliphatic carbocycles. The fourth-order valence-corrected chi connectivity index (χ4v) is 2.71. The van der Waals surface area contributed by atoms with Crippen LogP contribution in [0.15, 0.2) is 35.9 Å². The molecule has 0 saturated heterocycles. The number of carbonyl (C=O) groups is 1. The van der Waals surface area contributed by atoms with Gasteiger partial charge in [0, 0.05) is 32.4 Å². The van der Waals surface area contributed by atoms with E-state index in [1.54, 1.807) is 27.8 Å². The minimum absolute atomic E-state index is 0.0277. The van der Waals surface area contributed by atoms with Gasteiger partial charge in [0.25, 0.3) is 0 Å². The number of nitrogens with zero attached hydrogens (tertiary/aromatic N) is 4. The molecule has 32 heavy (non-hydrogen) atoms. The predicted octanol–water partition coefficient (Wildman–Crippen LogP) is 4.51. The zero-order chi connectivity index (χ0) is 23.9. The first-order valence-electron chi connectivity index (χ1n) is 9.95. The number of rotatable bonds is 7. The van der Waals surface area contributed by atoms with Gasteiger partial charge in [0.1, 0.15) is 35.8 Å². The normalized spacial score (nSPS) is 10.6. The van der Waals surface area contributed by atoms with Gasteiger partial charge >= 0.3 is 6.09 Å². The number of amides is 1. The molecule has 0 spiro atoms. The Morgan fingerprint density at radius 3 is 2.34 bits per heavy atom. The Morgan fingerprint density at radius 2 is 1.75 bits per heavy atom. The summed E-state index contributed by atoms with van der Waals surface area (Å²) in [4.78, 5) is 15.3. The first kappa shape index (κ1) is 24.5. The van der Waals surface area contributed by atoms with E-state index in [0.717, 1.165) is 16.5 Å². The summed E-state index contributed by atoms with van der Waals surface area (Å²) in [6.45, 7) is 5.20. The van der Waals surface area contributed by atoms with E-state index in [9.17, 15) is 4.79 Å². The van der Waals surface area contributed by atoms with Gasteiger partial charge in [0.2, 0.25) is 0 Å². The van der Waals surface area contributed by atoms with Crippen LogP contribution in [0, 0.1) is 22.7 Å². The van der Waals surface area contributed by atoms with Gasteiger partial charge in [0.05, 0.1) is 0 Å². The highest BCUT2D eigenvalue weighted by atomic mass is 16.7. The summed E-state index contributed by atoms with van der Waals surface area (Å²) in [5.41, 5.74) is 0.970. The van der Waals surface area contributed by atoms with E-state index in [2.05, 4.69) is 0 Å². The Morgan fingerprint density at radius 1 is 1.06 bits per heavy atom. The van der Waals surface area contributed by atoms with E-state index in [-0.39, 0.29) is 19.1 Å². The summed E-state index contributed by atoms with van der Waals surface area (Å²) in [7, 11) is 5.47. The van der Waals surface area contributed by atoms with Crippen LogP contribution < -0.4 is 9.64 Å². The van der Waals surface area contributed by atoms with E-state index >= 15 is 0 Å². The fraction of sp³-hybridized carbons (Fsp3) is 0.375. The average molecular weight is 437 g/mol. The van der Waals surface area contributed by atoms with Crippen LogP contribution in [0.3, 0.4) is 0 Å². The maximum Gasteiger partial charge on any atom is 0.411 e. The highest BCUT2D eigenvalue weighted by Gasteiger charge is 2.19. The van der Waals surface area contributed by atoms with Crippen LogP contribution in [0.1, 0.15) is 26.3 Å². The number of fused-ring (bicyclic) bond motifs is 1. The van der Waals surface area contributed by atoms with Gasteiger partial charge in [-0.25, -0.2) is 4.79 Å². The number of carbonyl (C=O) groups excluding carboxylic acids is 1. The van der Waals surface area contributed by atoms with E-state index < -0.39 is 11.7 Å². The highest BCUT2D eigenvalue weighted by molar-refractivity contribution is 5.90. The third-order valence-corrected chi connectivity index (χ3v) is 4.30. The molecular formula is C24H28N4O4. The lowest BCUT2D eigenvalue weighted by atomic mass is 10.0. The zero-order valence-corrected chi connectivity index (χ0v) is 19.3. The summed E-state index contributed by atoms with van der Waals surface area (Å²) in [6, 6.07) is 13.4. The van der Waals surface area contributed by atoms with Crippen molar-refractivity contribution < 1.29 is 19.0 Å². The van der Waals surface area contributed by atoms with Crippen LogP contribution in [0.2, 0.25) is 0 Å². The second kappa shape index (κ2) is 10.5. The average Bonchev–Trinajstić information content (AvgIpc) is 2.72. The van der Waals surface area contributed by atoms with Crippen LogP contribution in [-0.4, -0.2) is 51.3 Å². The van der Waals surface area contributed by atoms with E-state index in [1.165, 1.54) is 11.0 Å². The first-order valence-corrected chi connectivity index (χ1v) is 9.95. The third kappa shape index (κ3) is 6.90. The fourth-order valence-electron chi connectivity index (χ4n) is 2.71. The van der Waals surface area contributed by atoms with Crippen LogP contribution in [0.5, 0.6) is 5.75 Å². The molecule has 8 nitrogen and oxygen atoms in total. The smallest absolute Gasteiger partial charge is 0.411 e. The Labute approximate surface area is 188 Å². The summed E-state index contributed by atoms with van der Waals surface area (Å²) in [5.74, 6) is 0.455. The number of allylic oxidation sites excluding steroid dienone is 1. The van der Waals surface area contributed by atoms with Crippen molar-refractivity contribution in [2.24, 2.45) is 0 Å². The lowest BCUT2D eigenvalue weighted by Gasteiger charge is -2.24. The second-order valence-electron chi connectivity index (χ2n) is 8.37. The Bertz CT molecular complexity index is 1070. The number of nitriles is 2.